The third-order valence-corrected chi connectivity index (χ3v) is 2.84. The summed E-state index contributed by atoms with van der Waals surface area (Å²) in [5, 5.41) is 9.48. The molecule has 1 aromatic heterocycles. The van der Waals surface area contributed by atoms with Crippen LogP contribution in [-0.4, -0.2) is 22.2 Å². The molecule has 1 aromatic carbocycles. The maximum Gasteiger partial charge on any atom is 0.319 e. The van der Waals surface area contributed by atoms with E-state index in [1.807, 2.05) is 24.3 Å². The zero-order chi connectivity index (χ0) is 13.2. The van der Waals surface area contributed by atoms with Gasteiger partial charge < -0.3 is 15.2 Å². The summed E-state index contributed by atoms with van der Waals surface area (Å²) in [7, 11) is 0. The topological polar surface area (TPSA) is 80.0 Å². The van der Waals surface area contributed by atoms with Crippen molar-refractivity contribution in [3.63, 3.8) is 0 Å². The average molecular weight is 258 g/mol. The number of hydrogen-bond donors (Lipinski definition) is 2. The molecule has 1 heterocycles. The van der Waals surface area contributed by atoms with Gasteiger partial charge in [0.25, 0.3) is 0 Å². The first-order chi connectivity index (χ1) is 9.20. The molecule has 2 aromatic rings. The molecule has 0 aliphatic heterocycles. The number of urea groups is 1. The number of nitrogens with zero attached hydrogens (tertiary/aromatic N) is 2. The molecule has 98 valence electrons. The first-order valence-electron chi connectivity index (χ1n) is 6.19. The van der Waals surface area contributed by atoms with Crippen molar-refractivity contribution in [1.29, 1.82) is 0 Å². The van der Waals surface area contributed by atoms with E-state index in [2.05, 4.69) is 20.8 Å². The molecule has 3 rings (SSSR count). The molecule has 0 spiro atoms. The van der Waals surface area contributed by atoms with E-state index in [9.17, 15) is 4.79 Å². The fourth-order valence-electron chi connectivity index (χ4n) is 1.70. The third-order valence-electron chi connectivity index (χ3n) is 2.84. The van der Waals surface area contributed by atoms with Gasteiger partial charge in [-0.05, 0) is 37.1 Å². The largest absolute Gasteiger partial charge is 0.339 e. The van der Waals surface area contributed by atoms with Crippen LogP contribution < -0.4 is 10.6 Å². The van der Waals surface area contributed by atoms with E-state index in [1.54, 1.807) is 6.92 Å². The van der Waals surface area contributed by atoms with E-state index >= 15 is 0 Å². The Bertz CT molecular complexity index is 587. The Morgan fingerprint density at radius 3 is 2.63 bits per heavy atom. The van der Waals surface area contributed by atoms with E-state index in [-0.39, 0.29) is 6.03 Å². The average Bonchev–Trinajstić information content (AvgIpc) is 3.09. The smallest absolute Gasteiger partial charge is 0.319 e. The minimum absolute atomic E-state index is 0.161. The van der Waals surface area contributed by atoms with Crippen molar-refractivity contribution >= 4 is 11.7 Å². The van der Waals surface area contributed by atoms with Crippen molar-refractivity contribution in [3.8, 4) is 11.4 Å². The predicted octanol–water partition coefficient (Wildman–Crippen LogP) is 2.33. The number of anilines is 1. The highest BCUT2D eigenvalue weighted by atomic mass is 16.5. The molecule has 1 aliphatic rings. The molecule has 0 radical (unpaired) electrons. The van der Waals surface area contributed by atoms with Crippen LogP contribution in [0.25, 0.3) is 11.4 Å². The normalized spacial score (nSPS) is 14.2. The van der Waals surface area contributed by atoms with Crippen molar-refractivity contribution in [2.45, 2.75) is 25.8 Å². The van der Waals surface area contributed by atoms with Gasteiger partial charge in [-0.25, -0.2) is 4.79 Å². The predicted molar refractivity (Wildman–Crippen MR) is 69.6 cm³/mol. The number of rotatable bonds is 3. The Kier molecular flexibility index (Phi) is 2.91. The van der Waals surface area contributed by atoms with E-state index in [1.165, 1.54) is 0 Å². The van der Waals surface area contributed by atoms with Gasteiger partial charge in [-0.15, -0.1) is 0 Å². The van der Waals surface area contributed by atoms with Gasteiger partial charge in [0.1, 0.15) is 0 Å². The Labute approximate surface area is 110 Å². The Balaban J connectivity index is 1.66. The Morgan fingerprint density at radius 1 is 1.32 bits per heavy atom. The molecule has 2 amide bonds. The molecule has 6 heteroatoms. The summed E-state index contributed by atoms with van der Waals surface area (Å²) >= 11 is 0. The number of carbonyl (C=O) groups excluding carboxylic acids is 1. The maximum absolute atomic E-state index is 11.6. The molecule has 19 heavy (non-hydrogen) atoms. The molecule has 0 unspecified atom stereocenters. The third kappa shape index (κ3) is 2.90. The van der Waals surface area contributed by atoms with Crippen LogP contribution in [0, 0.1) is 6.92 Å². The summed E-state index contributed by atoms with van der Waals surface area (Å²) < 4.78 is 4.92. The summed E-state index contributed by atoms with van der Waals surface area (Å²) in [6.45, 7) is 1.74. The number of amides is 2. The zero-order valence-corrected chi connectivity index (χ0v) is 10.5. The maximum atomic E-state index is 11.6. The molecule has 0 bridgehead atoms. The van der Waals surface area contributed by atoms with Crippen molar-refractivity contribution in [2.75, 3.05) is 5.32 Å². The van der Waals surface area contributed by atoms with Crippen LogP contribution in [0.5, 0.6) is 0 Å². The number of carbonyl (C=O) groups is 1. The molecule has 0 saturated heterocycles. The molecule has 1 fully saturated rings. The fourth-order valence-corrected chi connectivity index (χ4v) is 1.70. The standard InChI is InChI=1S/C13H14N4O2/c1-8-14-12(17-19-8)9-2-4-10(5-3-9)15-13(18)16-11-6-7-11/h2-5,11H,6-7H2,1H3,(H2,15,16,18). The highest BCUT2D eigenvalue weighted by molar-refractivity contribution is 5.89. The summed E-state index contributed by atoms with van der Waals surface area (Å²) in [5.74, 6) is 1.08. The van der Waals surface area contributed by atoms with Gasteiger partial charge in [-0.3, -0.25) is 0 Å². The van der Waals surface area contributed by atoms with E-state index in [4.69, 9.17) is 4.52 Å². The first kappa shape index (κ1) is 11.7. The number of aryl methyl sites for hydroxylation is 1. The van der Waals surface area contributed by atoms with Crippen molar-refractivity contribution in [3.05, 3.63) is 30.2 Å². The number of benzene rings is 1. The lowest BCUT2D eigenvalue weighted by molar-refractivity contribution is 0.251. The van der Waals surface area contributed by atoms with Gasteiger partial charge in [-0.2, -0.15) is 4.98 Å². The van der Waals surface area contributed by atoms with E-state index in [0.29, 0.717) is 17.8 Å². The van der Waals surface area contributed by atoms with Gasteiger partial charge in [-0.1, -0.05) is 5.16 Å². The van der Waals surface area contributed by atoms with Crippen LogP contribution in [0.2, 0.25) is 0 Å². The molecule has 1 saturated carbocycles. The fraction of sp³-hybridized carbons (Fsp3) is 0.308. The summed E-state index contributed by atoms with van der Waals surface area (Å²) in [5.41, 5.74) is 1.59. The lowest BCUT2D eigenvalue weighted by Crippen LogP contribution is -2.30. The van der Waals surface area contributed by atoms with E-state index in [0.717, 1.165) is 24.1 Å². The molecule has 2 N–H and O–H groups in total. The minimum Gasteiger partial charge on any atom is -0.339 e. The Hall–Kier alpha value is -2.37. The van der Waals surface area contributed by atoms with Crippen LogP contribution >= 0.6 is 0 Å². The lowest BCUT2D eigenvalue weighted by Gasteiger charge is -2.06. The second kappa shape index (κ2) is 4.72. The van der Waals surface area contributed by atoms with Crippen molar-refractivity contribution < 1.29 is 9.32 Å². The summed E-state index contributed by atoms with van der Waals surface area (Å²) in [4.78, 5) is 15.7. The molecular formula is C13H14N4O2. The van der Waals surface area contributed by atoms with Crippen LogP contribution in [-0.2, 0) is 0 Å². The lowest BCUT2D eigenvalue weighted by atomic mass is 10.2. The van der Waals surface area contributed by atoms with Crippen LogP contribution in [0.15, 0.2) is 28.8 Å². The molecule has 0 atom stereocenters. The van der Waals surface area contributed by atoms with Gasteiger partial charge in [0, 0.05) is 24.2 Å². The number of nitrogens with one attached hydrogen (secondary N) is 2. The second-order valence-electron chi connectivity index (χ2n) is 4.59. The van der Waals surface area contributed by atoms with Crippen LogP contribution in [0.3, 0.4) is 0 Å². The Morgan fingerprint density at radius 2 is 2.05 bits per heavy atom. The monoisotopic (exact) mass is 258 g/mol. The first-order valence-corrected chi connectivity index (χ1v) is 6.19. The highest BCUT2D eigenvalue weighted by Crippen LogP contribution is 2.20. The van der Waals surface area contributed by atoms with E-state index < -0.39 is 0 Å². The summed E-state index contributed by atoms with van der Waals surface area (Å²) in [6, 6.07) is 7.50. The van der Waals surface area contributed by atoms with Gasteiger partial charge in [0.05, 0.1) is 0 Å². The van der Waals surface area contributed by atoms with Crippen molar-refractivity contribution in [2.24, 2.45) is 0 Å². The SMILES string of the molecule is Cc1nc(-c2ccc(NC(=O)NC3CC3)cc2)no1. The quantitative estimate of drug-likeness (QED) is 0.885. The highest BCUT2D eigenvalue weighted by Gasteiger charge is 2.23. The van der Waals surface area contributed by atoms with Crippen molar-refractivity contribution in [1.82, 2.24) is 15.5 Å². The number of hydrogen-bond acceptors (Lipinski definition) is 4. The molecule has 6 nitrogen and oxygen atoms in total. The van der Waals surface area contributed by atoms with Gasteiger partial charge in [0.2, 0.25) is 11.7 Å². The van der Waals surface area contributed by atoms with Gasteiger partial charge >= 0.3 is 6.03 Å². The molecule has 1 aliphatic carbocycles. The molecular weight excluding hydrogens is 244 g/mol. The minimum atomic E-state index is -0.161. The summed E-state index contributed by atoms with van der Waals surface area (Å²) in [6.07, 6.45) is 2.15. The van der Waals surface area contributed by atoms with Crippen LogP contribution in [0.1, 0.15) is 18.7 Å². The number of aromatic nitrogens is 2. The van der Waals surface area contributed by atoms with Crippen LogP contribution in [0.4, 0.5) is 10.5 Å². The zero-order valence-electron chi connectivity index (χ0n) is 10.5. The second-order valence-corrected chi connectivity index (χ2v) is 4.59. The van der Waals surface area contributed by atoms with Gasteiger partial charge in [0.15, 0.2) is 0 Å².